The lowest BCUT2D eigenvalue weighted by Crippen LogP contribution is -2.39. The quantitative estimate of drug-likeness (QED) is 0.699. The second-order valence-corrected chi connectivity index (χ2v) is 6.94. The number of aryl methyl sites for hydroxylation is 1. The molecular weight excluding hydrogens is 383 g/mol. The zero-order valence-corrected chi connectivity index (χ0v) is 16.2. The molecule has 0 unspecified atom stereocenters. The Morgan fingerprint density at radius 3 is 2.66 bits per heavy atom. The summed E-state index contributed by atoms with van der Waals surface area (Å²) in [4.78, 5) is 37.7. The summed E-state index contributed by atoms with van der Waals surface area (Å²) in [5.41, 5.74) is -0.0394. The van der Waals surface area contributed by atoms with E-state index in [1.54, 1.807) is 0 Å². The highest BCUT2D eigenvalue weighted by Gasteiger charge is 2.48. The van der Waals surface area contributed by atoms with Gasteiger partial charge in [0, 0.05) is 18.7 Å². The van der Waals surface area contributed by atoms with E-state index in [0.29, 0.717) is 6.61 Å². The summed E-state index contributed by atoms with van der Waals surface area (Å²) in [6, 6.07) is 9.45. The van der Waals surface area contributed by atoms with Gasteiger partial charge in [0.15, 0.2) is 12.3 Å². The number of aromatic nitrogens is 2. The number of hydrogen-bond donors (Lipinski definition) is 1. The number of H-pyrrole nitrogens is 1. The summed E-state index contributed by atoms with van der Waals surface area (Å²) < 4.78 is 31.8. The molecule has 0 bridgehead atoms. The molecule has 0 radical (unpaired) electrons. The molecule has 0 amide bonds. The van der Waals surface area contributed by atoms with Crippen LogP contribution in [-0.4, -0.2) is 41.0 Å². The van der Waals surface area contributed by atoms with Crippen LogP contribution in [0.2, 0.25) is 0 Å². The predicted molar refractivity (Wildman–Crippen MR) is 101 cm³/mol. The summed E-state index contributed by atoms with van der Waals surface area (Å²) in [5, 5.41) is 0. The van der Waals surface area contributed by atoms with Crippen LogP contribution in [0.4, 0.5) is 4.39 Å². The Bertz CT molecular complexity index is 957. The molecule has 1 aliphatic heterocycles. The molecule has 1 aromatic carbocycles. The zero-order chi connectivity index (χ0) is 21.0. The van der Waals surface area contributed by atoms with Gasteiger partial charge in [-0.2, -0.15) is 0 Å². The maximum atomic E-state index is 13.9. The third kappa shape index (κ3) is 4.80. The lowest BCUT2D eigenvalue weighted by atomic mass is 9.99. The maximum absolute atomic E-state index is 13.9. The standard InChI is InChI=1S/C20H23FN2O6/c1-12-9-23(20(26)22-18(12)25)19-17(28-13(2)24)15(8-21)16(29-19)11-27-10-14-6-4-3-5-7-14/h3-7,9,15-17,19H,8,10-11H2,1-2H3,(H,22,25,26)/t15-,16-,17-,19-/m1/s1. The van der Waals surface area contributed by atoms with Crippen LogP contribution in [0.25, 0.3) is 0 Å². The second-order valence-electron chi connectivity index (χ2n) is 6.94. The molecule has 0 saturated carbocycles. The smallest absolute Gasteiger partial charge is 0.330 e. The lowest BCUT2D eigenvalue weighted by molar-refractivity contribution is -0.154. The maximum Gasteiger partial charge on any atom is 0.330 e. The van der Waals surface area contributed by atoms with Crippen molar-refractivity contribution in [1.29, 1.82) is 0 Å². The van der Waals surface area contributed by atoms with Crippen molar-refractivity contribution >= 4 is 5.97 Å². The van der Waals surface area contributed by atoms with E-state index in [0.717, 1.165) is 10.1 Å². The van der Waals surface area contributed by atoms with Gasteiger partial charge < -0.3 is 14.2 Å². The van der Waals surface area contributed by atoms with E-state index in [9.17, 15) is 18.8 Å². The molecule has 8 nitrogen and oxygen atoms in total. The van der Waals surface area contributed by atoms with Crippen molar-refractivity contribution < 1.29 is 23.4 Å². The van der Waals surface area contributed by atoms with Gasteiger partial charge >= 0.3 is 11.7 Å². The normalized spacial score (nSPS) is 23.8. The molecule has 0 aliphatic carbocycles. The fourth-order valence-electron chi connectivity index (χ4n) is 3.33. The molecule has 156 valence electrons. The van der Waals surface area contributed by atoms with Gasteiger partial charge in [0.2, 0.25) is 0 Å². The summed E-state index contributed by atoms with van der Waals surface area (Å²) in [7, 11) is 0. The molecule has 2 heterocycles. The number of carbonyl (C=O) groups is 1. The van der Waals surface area contributed by atoms with Crippen molar-refractivity contribution in [2.24, 2.45) is 5.92 Å². The molecule has 4 atom stereocenters. The van der Waals surface area contributed by atoms with Crippen molar-refractivity contribution in [2.45, 2.75) is 38.9 Å². The van der Waals surface area contributed by atoms with Crippen LogP contribution in [-0.2, 0) is 25.6 Å². The zero-order valence-electron chi connectivity index (χ0n) is 16.2. The van der Waals surface area contributed by atoms with Gasteiger partial charge in [0.05, 0.1) is 31.9 Å². The summed E-state index contributed by atoms with van der Waals surface area (Å²) in [6.07, 6.45) is -1.54. The minimum Gasteiger partial charge on any atom is -0.457 e. The van der Waals surface area contributed by atoms with E-state index >= 15 is 0 Å². The summed E-state index contributed by atoms with van der Waals surface area (Å²) in [6.45, 7) is 2.25. The number of hydrogen-bond acceptors (Lipinski definition) is 6. The number of halogens is 1. The SMILES string of the molecule is CC(=O)O[C@@H]1[C@H](CF)[C@@H](COCc2ccccc2)O[C@H]1n1cc(C)c(=O)[nH]c1=O. The topological polar surface area (TPSA) is 99.6 Å². The van der Waals surface area contributed by atoms with Gasteiger partial charge in [0.1, 0.15) is 0 Å². The Balaban J connectivity index is 1.82. The summed E-state index contributed by atoms with van der Waals surface area (Å²) >= 11 is 0. The van der Waals surface area contributed by atoms with Crippen LogP contribution >= 0.6 is 0 Å². The van der Waals surface area contributed by atoms with Crippen molar-refractivity contribution in [2.75, 3.05) is 13.3 Å². The van der Waals surface area contributed by atoms with Crippen molar-refractivity contribution in [3.05, 3.63) is 68.5 Å². The monoisotopic (exact) mass is 406 g/mol. The van der Waals surface area contributed by atoms with E-state index in [4.69, 9.17) is 14.2 Å². The van der Waals surface area contributed by atoms with Gasteiger partial charge in [-0.1, -0.05) is 30.3 Å². The largest absolute Gasteiger partial charge is 0.457 e. The average molecular weight is 406 g/mol. The highest BCUT2D eigenvalue weighted by atomic mass is 19.1. The number of alkyl halides is 1. The van der Waals surface area contributed by atoms with E-state index in [-0.39, 0.29) is 12.2 Å². The fraction of sp³-hybridized carbons (Fsp3) is 0.450. The predicted octanol–water partition coefficient (Wildman–Crippen LogP) is 1.48. The number of nitrogens with one attached hydrogen (secondary N) is 1. The molecular formula is C20H23FN2O6. The van der Waals surface area contributed by atoms with Crippen LogP contribution < -0.4 is 11.2 Å². The van der Waals surface area contributed by atoms with E-state index in [1.807, 2.05) is 30.3 Å². The van der Waals surface area contributed by atoms with Gasteiger partial charge in [-0.05, 0) is 12.5 Å². The fourth-order valence-corrected chi connectivity index (χ4v) is 3.33. The molecule has 1 saturated heterocycles. The first-order valence-electron chi connectivity index (χ1n) is 9.23. The van der Waals surface area contributed by atoms with Crippen LogP contribution in [0, 0.1) is 12.8 Å². The third-order valence-corrected chi connectivity index (χ3v) is 4.79. The van der Waals surface area contributed by atoms with Crippen LogP contribution in [0.1, 0.15) is 24.3 Å². The van der Waals surface area contributed by atoms with Crippen molar-refractivity contribution in [3.63, 3.8) is 0 Å². The van der Waals surface area contributed by atoms with Crippen LogP contribution in [0.5, 0.6) is 0 Å². The molecule has 0 spiro atoms. The number of nitrogens with zero attached hydrogens (tertiary/aromatic N) is 1. The van der Waals surface area contributed by atoms with Gasteiger partial charge in [0.25, 0.3) is 5.56 Å². The number of aromatic amines is 1. The first-order valence-corrected chi connectivity index (χ1v) is 9.23. The number of ether oxygens (including phenoxy) is 3. The number of benzene rings is 1. The second kappa shape index (κ2) is 9.15. The van der Waals surface area contributed by atoms with E-state index in [1.165, 1.54) is 20.0 Å². The van der Waals surface area contributed by atoms with Crippen LogP contribution in [0.15, 0.2) is 46.1 Å². The molecule has 1 N–H and O–H groups in total. The molecule has 2 aromatic rings. The molecule has 3 rings (SSSR count). The van der Waals surface area contributed by atoms with Gasteiger partial charge in [-0.3, -0.25) is 23.5 Å². The van der Waals surface area contributed by atoms with Crippen LogP contribution in [0.3, 0.4) is 0 Å². The first kappa shape index (κ1) is 20.9. The molecule has 29 heavy (non-hydrogen) atoms. The number of carbonyl (C=O) groups excluding carboxylic acids is 1. The minimum absolute atomic E-state index is 0.0504. The first-order chi connectivity index (χ1) is 13.9. The summed E-state index contributed by atoms with van der Waals surface area (Å²) in [5.74, 6) is -1.44. The van der Waals surface area contributed by atoms with E-state index < -0.39 is 48.2 Å². The Hall–Kier alpha value is -2.78. The lowest BCUT2D eigenvalue weighted by Gasteiger charge is -2.22. The third-order valence-electron chi connectivity index (χ3n) is 4.79. The van der Waals surface area contributed by atoms with Crippen molar-refractivity contribution in [1.82, 2.24) is 9.55 Å². The Labute approximate surface area is 166 Å². The molecule has 1 aliphatic rings. The Morgan fingerprint density at radius 1 is 1.28 bits per heavy atom. The minimum atomic E-state index is -1.08. The number of esters is 1. The van der Waals surface area contributed by atoms with Gasteiger partial charge in [-0.25, -0.2) is 4.79 Å². The van der Waals surface area contributed by atoms with E-state index in [2.05, 4.69) is 4.98 Å². The Kier molecular flexibility index (Phi) is 6.60. The van der Waals surface area contributed by atoms with Gasteiger partial charge in [-0.15, -0.1) is 0 Å². The molecule has 1 aromatic heterocycles. The Morgan fingerprint density at radius 2 is 2.00 bits per heavy atom. The number of rotatable bonds is 7. The molecule has 1 fully saturated rings. The highest BCUT2D eigenvalue weighted by Crippen LogP contribution is 2.36. The average Bonchev–Trinajstić information content (AvgIpc) is 3.02. The van der Waals surface area contributed by atoms with Crippen molar-refractivity contribution in [3.8, 4) is 0 Å². The molecule has 9 heteroatoms. The highest BCUT2D eigenvalue weighted by molar-refractivity contribution is 5.66.